The molecule has 0 radical (unpaired) electrons. The van der Waals surface area contributed by atoms with Crippen molar-refractivity contribution in [2.24, 2.45) is 5.92 Å². The van der Waals surface area contributed by atoms with Crippen molar-refractivity contribution in [3.8, 4) is 0 Å². The van der Waals surface area contributed by atoms with Crippen molar-refractivity contribution >= 4 is 16.9 Å². The average Bonchev–Trinajstić information content (AvgIpc) is 2.86. The van der Waals surface area contributed by atoms with Crippen molar-refractivity contribution in [3.05, 3.63) is 35.6 Å². The zero-order valence-electron chi connectivity index (χ0n) is 11.8. The van der Waals surface area contributed by atoms with Crippen LogP contribution < -0.4 is 5.32 Å². The first kappa shape index (κ1) is 14.1. The first-order valence-electron chi connectivity index (χ1n) is 7.28. The summed E-state index contributed by atoms with van der Waals surface area (Å²) in [6.45, 7) is 2.93. The maximum atomic E-state index is 11.5. The number of carbonyl (C=O) groups is 1. The van der Waals surface area contributed by atoms with Crippen LogP contribution in [-0.4, -0.2) is 30.8 Å². The van der Waals surface area contributed by atoms with Crippen LogP contribution in [0.4, 0.5) is 0 Å². The fourth-order valence-corrected chi connectivity index (χ4v) is 2.80. The van der Waals surface area contributed by atoms with Gasteiger partial charge < -0.3 is 19.6 Å². The van der Waals surface area contributed by atoms with Gasteiger partial charge in [-0.25, -0.2) is 4.79 Å². The van der Waals surface area contributed by atoms with E-state index in [1.54, 1.807) is 12.1 Å². The number of furan rings is 1. The topological polar surface area (TPSA) is 71.7 Å². The highest BCUT2D eigenvalue weighted by Crippen LogP contribution is 2.26. The second kappa shape index (κ2) is 6.28. The van der Waals surface area contributed by atoms with E-state index in [2.05, 4.69) is 5.32 Å². The number of rotatable bonds is 5. The fraction of sp³-hybridized carbons (Fsp3) is 0.438. The Morgan fingerprint density at radius 3 is 2.81 bits per heavy atom. The Morgan fingerprint density at radius 1 is 1.29 bits per heavy atom. The van der Waals surface area contributed by atoms with E-state index in [0.29, 0.717) is 29.2 Å². The molecule has 0 atom stereocenters. The largest absolute Gasteiger partial charge is 0.478 e. The molecular formula is C16H19NO4. The highest BCUT2D eigenvalue weighted by atomic mass is 16.5. The van der Waals surface area contributed by atoms with Gasteiger partial charge in [-0.3, -0.25) is 0 Å². The first-order chi connectivity index (χ1) is 10.3. The van der Waals surface area contributed by atoms with Crippen molar-refractivity contribution in [3.63, 3.8) is 0 Å². The van der Waals surface area contributed by atoms with Gasteiger partial charge in [-0.2, -0.15) is 0 Å². The zero-order valence-corrected chi connectivity index (χ0v) is 11.8. The normalized spacial score (nSPS) is 16.4. The molecule has 21 heavy (non-hydrogen) atoms. The van der Waals surface area contributed by atoms with Gasteiger partial charge in [0.15, 0.2) is 0 Å². The summed E-state index contributed by atoms with van der Waals surface area (Å²) in [5.41, 5.74) is 0.892. The second-order valence-corrected chi connectivity index (χ2v) is 5.39. The SMILES string of the molecule is O=C(O)c1c(CNCC2CCOCC2)oc2ccccc12. The molecule has 5 nitrogen and oxygen atoms in total. The standard InChI is InChI=1S/C16H19NO4/c18-16(19)15-12-3-1-2-4-13(12)21-14(15)10-17-9-11-5-7-20-8-6-11/h1-4,11,17H,5-10H2,(H,18,19). The van der Waals surface area contributed by atoms with Crippen LogP contribution in [0.25, 0.3) is 11.0 Å². The Hall–Kier alpha value is -1.85. The van der Waals surface area contributed by atoms with Crippen LogP contribution in [-0.2, 0) is 11.3 Å². The number of carboxylic acids is 1. The lowest BCUT2D eigenvalue weighted by Crippen LogP contribution is -2.27. The van der Waals surface area contributed by atoms with E-state index in [9.17, 15) is 9.90 Å². The third-order valence-electron chi connectivity index (χ3n) is 3.94. The average molecular weight is 289 g/mol. The van der Waals surface area contributed by atoms with Crippen LogP contribution in [0.15, 0.2) is 28.7 Å². The minimum absolute atomic E-state index is 0.269. The van der Waals surface area contributed by atoms with Crippen LogP contribution in [0.2, 0.25) is 0 Å². The van der Waals surface area contributed by atoms with Gasteiger partial charge in [-0.15, -0.1) is 0 Å². The number of nitrogens with one attached hydrogen (secondary N) is 1. The van der Waals surface area contributed by atoms with Crippen molar-refractivity contribution in [1.29, 1.82) is 0 Å². The number of carboxylic acid groups (broad SMARTS) is 1. The molecule has 112 valence electrons. The van der Waals surface area contributed by atoms with Gasteiger partial charge in [0, 0.05) is 18.6 Å². The molecule has 5 heteroatoms. The lowest BCUT2D eigenvalue weighted by molar-refractivity contribution is 0.0660. The zero-order chi connectivity index (χ0) is 14.7. The van der Waals surface area contributed by atoms with Gasteiger partial charge in [0.25, 0.3) is 0 Å². The molecule has 1 fully saturated rings. The summed E-state index contributed by atoms with van der Waals surface area (Å²) in [5.74, 6) is 0.148. The third-order valence-corrected chi connectivity index (χ3v) is 3.94. The third kappa shape index (κ3) is 3.09. The van der Waals surface area contributed by atoms with E-state index >= 15 is 0 Å². The van der Waals surface area contributed by atoms with E-state index in [0.717, 1.165) is 32.6 Å². The fourth-order valence-electron chi connectivity index (χ4n) is 2.80. The Labute approximate surface area is 122 Å². The van der Waals surface area contributed by atoms with Crippen molar-refractivity contribution in [2.75, 3.05) is 19.8 Å². The molecule has 0 amide bonds. The van der Waals surface area contributed by atoms with Gasteiger partial charge in [0.1, 0.15) is 16.9 Å². The molecule has 1 aromatic carbocycles. The van der Waals surface area contributed by atoms with Crippen LogP contribution >= 0.6 is 0 Å². The van der Waals surface area contributed by atoms with E-state index < -0.39 is 5.97 Å². The molecule has 3 rings (SSSR count). The van der Waals surface area contributed by atoms with Crippen molar-refractivity contribution in [2.45, 2.75) is 19.4 Å². The minimum atomic E-state index is -0.942. The molecule has 1 saturated heterocycles. The number of hydrogen-bond donors (Lipinski definition) is 2. The maximum Gasteiger partial charge on any atom is 0.339 e. The quantitative estimate of drug-likeness (QED) is 0.885. The monoisotopic (exact) mass is 289 g/mol. The van der Waals surface area contributed by atoms with Gasteiger partial charge in [0.2, 0.25) is 0 Å². The van der Waals surface area contributed by atoms with Gasteiger partial charge in [-0.05, 0) is 31.4 Å². The highest BCUT2D eigenvalue weighted by molar-refractivity contribution is 6.03. The number of ether oxygens (including phenoxy) is 1. The Bertz CT molecular complexity index is 628. The number of hydrogen-bond acceptors (Lipinski definition) is 4. The number of para-hydroxylation sites is 1. The molecular weight excluding hydrogens is 270 g/mol. The summed E-state index contributed by atoms with van der Waals surface area (Å²) in [4.78, 5) is 11.5. The lowest BCUT2D eigenvalue weighted by atomic mass is 10.0. The van der Waals surface area contributed by atoms with E-state index in [1.165, 1.54) is 0 Å². The maximum absolute atomic E-state index is 11.5. The van der Waals surface area contributed by atoms with Crippen LogP contribution in [0, 0.1) is 5.92 Å². The molecule has 2 N–H and O–H groups in total. The van der Waals surface area contributed by atoms with E-state index in [4.69, 9.17) is 9.15 Å². The lowest BCUT2D eigenvalue weighted by Gasteiger charge is -2.22. The van der Waals surface area contributed by atoms with Crippen LogP contribution in [0.5, 0.6) is 0 Å². The smallest absolute Gasteiger partial charge is 0.339 e. The minimum Gasteiger partial charge on any atom is -0.478 e. The molecule has 2 heterocycles. The molecule has 0 unspecified atom stereocenters. The predicted molar refractivity (Wildman–Crippen MR) is 78.4 cm³/mol. The molecule has 1 aromatic heterocycles. The molecule has 1 aliphatic rings. The van der Waals surface area contributed by atoms with E-state index in [1.807, 2.05) is 12.1 Å². The van der Waals surface area contributed by atoms with E-state index in [-0.39, 0.29) is 5.56 Å². The number of aromatic carboxylic acids is 1. The summed E-state index contributed by atoms with van der Waals surface area (Å²) < 4.78 is 11.0. The number of benzene rings is 1. The Kier molecular flexibility index (Phi) is 4.22. The molecule has 1 aliphatic heterocycles. The van der Waals surface area contributed by atoms with Gasteiger partial charge in [0.05, 0.1) is 6.54 Å². The molecule has 0 bridgehead atoms. The van der Waals surface area contributed by atoms with Gasteiger partial charge in [-0.1, -0.05) is 18.2 Å². The van der Waals surface area contributed by atoms with Crippen LogP contribution in [0.3, 0.4) is 0 Å². The summed E-state index contributed by atoms with van der Waals surface area (Å²) in [5, 5.41) is 13.4. The highest BCUT2D eigenvalue weighted by Gasteiger charge is 2.20. The Morgan fingerprint density at radius 2 is 2.05 bits per heavy atom. The number of fused-ring (bicyclic) bond motifs is 1. The molecule has 0 saturated carbocycles. The summed E-state index contributed by atoms with van der Waals surface area (Å²) >= 11 is 0. The van der Waals surface area contributed by atoms with Gasteiger partial charge >= 0.3 is 5.97 Å². The molecule has 0 spiro atoms. The van der Waals surface area contributed by atoms with Crippen molar-refractivity contribution in [1.82, 2.24) is 5.32 Å². The molecule has 2 aromatic rings. The first-order valence-corrected chi connectivity index (χ1v) is 7.28. The second-order valence-electron chi connectivity index (χ2n) is 5.39. The summed E-state index contributed by atoms with van der Waals surface area (Å²) in [7, 11) is 0. The predicted octanol–water partition coefficient (Wildman–Crippen LogP) is 2.65. The van der Waals surface area contributed by atoms with Crippen molar-refractivity contribution < 1.29 is 19.1 Å². The molecule has 0 aliphatic carbocycles. The summed E-state index contributed by atoms with van der Waals surface area (Å²) in [6.07, 6.45) is 2.11. The Balaban J connectivity index is 1.71. The summed E-state index contributed by atoms with van der Waals surface area (Å²) in [6, 6.07) is 7.24. The van der Waals surface area contributed by atoms with Crippen LogP contribution in [0.1, 0.15) is 29.0 Å².